The number of nitrogens with zero attached hydrogens (tertiary/aromatic N) is 1. The van der Waals surface area contributed by atoms with Crippen molar-refractivity contribution in [3.8, 4) is 12.5 Å². The average Bonchev–Trinajstić information content (AvgIpc) is 2.92. The zero-order valence-electron chi connectivity index (χ0n) is 19.8. The van der Waals surface area contributed by atoms with Gasteiger partial charge in [-0.3, -0.25) is 0 Å². The highest BCUT2D eigenvalue weighted by Crippen LogP contribution is 2.63. The molecule has 0 amide bonds. The molecular weight excluding hydrogens is 473 g/mol. The van der Waals surface area contributed by atoms with Gasteiger partial charge in [0, 0.05) is 21.4 Å². The van der Waals surface area contributed by atoms with Gasteiger partial charge in [-0.05, 0) is 48.6 Å². The molecule has 36 heavy (non-hydrogen) atoms. The Morgan fingerprint density at radius 2 is 1.14 bits per heavy atom. The normalized spacial score (nSPS) is 14.5. The summed E-state index contributed by atoms with van der Waals surface area (Å²) in [5.74, 6) is 0. The maximum Gasteiger partial charge on any atom is 0.143 e. The van der Waals surface area contributed by atoms with E-state index < -0.39 is 7.26 Å². The first-order chi connectivity index (χ1) is 17.7. The second-order valence-electron chi connectivity index (χ2n) is 8.28. The van der Waals surface area contributed by atoms with Crippen molar-refractivity contribution in [2.45, 2.75) is 0 Å². The summed E-state index contributed by atoms with van der Waals surface area (Å²) in [4.78, 5) is 6.56. The standard InChI is InChI=1S/C33H25NPS/c1-3-34-33(27-16-8-4-9-17-27)32-25-31(36-32)24-26(2)35(28-18-10-5-11-19-28,29-20-12-6-13-21-29)30-22-14-7-15-23-30/h1,4-25H,2H2/q+1/b31-24+,34-33?. The van der Waals surface area contributed by atoms with E-state index in [1.807, 2.05) is 30.3 Å². The van der Waals surface area contributed by atoms with Crippen LogP contribution >= 0.6 is 19.0 Å². The largest absolute Gasteiger partial charge is 0.196 e. The van der Waals surface area contributed by atoms with E-state index in [1.54, 1.807) is 11.8 Å². The molecule has 0 aromatic heterocycles. The third kappa shape index (κ3) is 4.52. The molecule has 1 nitrogen and oxygen atoms in total. The maximum atomic E-state index is 5.55. The fourth-order valence-corrected chi connectivity index (χ4v) is 9.59. The van der Waals surface area contributed by atoms with Crippen LogP contribution in [0.1, 0.15) is 5.56 Å². The Morgan fingerprint density at radius 1 is 0.722 bits per heavy atom. The van der Waals surface area contributed by atoms with Crippen LogP contribution in [0.15, 0.2) is 160 Å². The van der Waals surface area contributed by atoms with E-state index in [9.17, 15) is 0 Å². The summed E-state index contributed by atoms with van der Waals surface area (Å²) >= 11 is 1.70. The fraction of sp³-hybridized carbons (Fsp3) is 0. The van der Waals surface area contributed by atoms with Crippen LogP contribution in [0.3, 0.4) is 0 Å². The number of allylic oxidation sites excluding steroid dienone is 4. The molecule has 0 atom stereocenters. The van der Waals surface area contributed by atoms with E-state index in [4.69, 9.17) is 13.0 Å². The zero-order chi connectivity index (χ0) is 24.8. The lowest BCUT2D eigenvalue weighted by molar-refractivity contribution is 1.57. The summed E-state index contributed by atoms with van der Waals surface area (Å²) in [5.41, 5.74) is 1.85. The Balaban J connectivity index is 1.61. The van der Waals surface area contributed by atoms with Crippen molar-refractivity contribution in [2.24, 2.45) is 4.99 Å². The Hall–Kier alpha value is -3.89. The van der Waals surface area contributed by atoms with Crippen LogP contribution in [0.2, 0.25) is 0 Å². The fourth-order valence-electron chi connectivity index (χ4n) is 4.53. The van der Waals surface area contributed by atoms with E-state index in [0.29, 0.717) is 0 Å². The highest BCUT2D eigenvalue weighted by atomic mass is 32.2. The Kier molecular flexibility index (Phi) is 7.15. The van der Waals surface area contributed by atoms with Crippen molar-refractivity contribution in [2.75, 3.05) is 0 Å². The Morgan fingerprint density at radius 3 is 1.56 bits per heavy atom. The molecule has 3 heteroatoms. The molecule has 0 spiro atoms. The summed E-state index contributed by atoms with van der Waals surface area (Å²) in [5, 5.41) is 4.98. The van der Waals surface area contributed by atoms with Gasteiger partial charge >= 0.3 is 0 Å². The van der Waals surface area contributed by atoms with E-state index in [1.165, 1.54) is 15.9 Å². The van der Waals surface area contributed by atoms with Crippen LogP contribution < -0.4 is 15.9 Å². The molecule has 0 saturated heterocycles. The molecule has 0 aliphatic carbocycles. The molecule has 172 valence electrons. The smallest absolute Gasteiger partial charge is 0.143 e. The van der Waals surface area contributed by atoms with Gasteiger partial charge in [0.1, 0.15) is 28.5 Å². The van der Waals surface area contributed by atoms with Crippen molar-refractivity contribution in [1.82, 2.24) is 0 Å². The number of terminal acetylenes is 1. The topological polar surface area (TPSA) is 12.4 Å². The minimum absolute atomic E-state index is 0.834. The summed E-state index contributed by atoms with van der Waals surface area (Å²) < 4.78 is 0. The second-order valence-corrected chi connectivity index (χ2v) is 12.9. The first-order valence-electron chi connectivity index (χ1n) is 11.7. The lowest BCUT2D eigenvalue weighted by Crippen LogP contribution is -2.31. The molecule has 0 radical (unpaired) electrons. The minimum Gasteiger partial charge on any atom is -0.196 e. The first-order valence-corrected chi connectivity index (χ1v) is 14.3. The van der Waals surface area contributed by atoms with Gasteiger partial charge in [-0.25, -0.2) is 0 Å². The number of hydrogen-bond acceptors (Lipinski definition) is 2. The van der Waals surface area contributed by atoms with Gasteiger partial charge in [0.2, 0.25) is 0 Å². The monoisotopic (exact) mass is 498 g/mol. The second kappa shape index (κ2) is 10.8. The molecule has 0 fully saturated rings. The summed E-state index contributed by atoms with van der Waals surface area (Å²) in [6.45, 7) is 4.71. The van der Waals surface area contributed by atoms with E-state index in [-0.39, 0.29) is 0 Å². The lowest BCUT2D eigenvalue weighted by atomic mass is 10.1. The summed E-state index contributed by atoms with van der Waals surface area (Å²) in [6.07, 6.45) is 9.96. The molecule has 1 aliphatic rings. The molecule has 4 aromatic carbocycles. The SMILES string of the molecule is C#CN=C(C1=C/C(=C\C(=C)[P+](c2ccccc2)(c2ccccc2)c2ccccc2)S1)c1ccccc1. The van der Waals surface area contributed by atoms with Crippen molar-refractivity contribution < 1.29 is 0 Å². The van der Waals surface area contributed by atoms with Gasteiger partial charge in [-0.1, -0.05) is 110 Å². The molecule has 5 rings (SSSR count). The van der Waals surface area contributed by atoms with Crippen LogP contribution in [0.4, 0.5) is 0 Å². The Bertz CT molecular complexity index is 1400. The van der Waals surface area contributed by atoms with Crippen molar-refractivity contribution in [1.29, 1.82) is 0 Å². The van der Waals surface area contributed by atoms with Crippen LogP contribution in [0.5, 0.6) is 0 Å². The van der Waals surface area contributed by atoms with Crippen LogP contribution in [-0.2, 0) is 0 Å². The van der Waals surface area contributed by atoms with Crippen molar-refractivity contribution >= 4 is 40.6 Å². The lowest BCUT2D eigenvalue weighted by Gasteiger charge is -2.28. The molecule has 1 aliphatic heterocycles. The van der Waals surface area contributed by atoms with Gasteiger partial charge in [-0.15, -0.1) is 0 Å². The molecular formula is C33H25NPS+. The number of hydrogen-bond donors (Lipinski definition) is 0. The predicted molar refractivity (Wildman–Crippen MR) is 160 cm³/mol. The average molecular weight is 499 g/mol. The Labute approximate surface area is 218 Å². The van der Waals surface area contributed by atoms with Gasteiger partial charge in [0.25, 0.3) is 0 Å². The van der Waals surface area contributed by atoms with E-state index >= 15 is 0 Å². The molecule has 4 aromatic rings. The molecule has 0 unspecified atom stereocenters. The van der Waals surface area contributed by atoms with Crippen molar-refractivity contribution in [3.63, 3.8) is 0 Å². The van der Waals surface area contributed by atoms with Crippen molar-refractivity contribution in [3.05, 3.63) is 161 Å². The van der Waals surface area contributed by atoms with E-state index in [2.05, 4.69) is 114 Å². The van der Waals surface area contributed by atoms with Crippen LogP contribution in [0.25, 0.3) is 0 Å². The molecule has 0 N–H and O–H groups in total. The summed E-state index contributed by atoms with van der Waals surface area (Å²) in [6, 6.07) is 44.9. The van der Waals surface area contributed by atoms with Gasteiger partial charge in [0.05, 0.1) is 5.71 Å². The van der Waals surface area contributed by atoms with Gasteiger partial charge < -0.3 is 0 Å². The zero-order valence-corrected chi connectivity index (χ0v) is 21.5. The molecule has 0 saturated carbocycles. The highest BCUT2D eigenvalue weighted by molar-refractivity contribution is 8.09. The number of aliphatic imine (C=N–C) groups is 1. The van der Waals surface area contributed by atoms with Gasteiger partial charge in [0.15, 0.2) is 0 Å². The quantitative estimate of drug-likeness (QED) is 0.151. The highest BCUT2D eigenvalue weighted by Gasteiger charge is 2.48. The summed E-state index contributed by atoms with van der Waals surface area (Å²) in [7, 11) is -2.17. The predicted octanol–water partition coefficient (Wildman–Crippen LogP) is 7.09. The van der Waals surface area contributed by atoms with E-state index in [0.717, 1.165) is 26.4 Å². The van der Waals surface area contributed by atoms with Gasteiger partial charge in [-0.2, -0.15) is 4.99 Å². The number of benzene rings is 4. The number of thioether (sulfide) groups is 1. The third-order valence-corrected chi connectivity index (χ3v) is 11.3. The minimum atomic E-state index is -2.17. The third-order valence-electron chi connectivity index (χ3n) is 6.13. The van der Waals surface area contributed by atoms with Crippen LogP contribution in [-0.4, -0.2) is 5.71 Å². The number of rotatable bonds is 7. The van der Waals surface area contributed by atoms with Crippen LogP contribution in [0, 0.1) is 12.5 Å². The first kappa shape index (κ1) is 23.8. The molecule has 0 bridgehead atoms. The maximum absolute atomic E-state index is 5.55. The molecule has 1 heterocycles.